The number of furan rings is 1. The number of para-hydroxylation sites is 1. The molecular formula is C23H22N4O3. The molecule has 1 aliphatic rings. The zero-order valence-corrected chi connectivity index (χ0v) is 16.7. The average molecular weight is 402 g/mol. The van der Waals surface area contributed by atoms with Crippen LogP contribution in [0.3, 0.4) is 0 Å². The van der Waals surface area contributed by atoms with Gasteiger partial charge in [0.15, 0.2) is 0 Å². The van der Waals surface area contributed by atoms with Crippen LogP contribution in [0.4, 0.5) is 11.4 Å². The lowest BCUT2D eigenvalue weighted by atomic mass is 10.1. The standard InChI is InChI=1S/C23H22N4O3/c1-15-12-16(26-10-4-5-11-26)8-9-18(15)25-20(28)13-27-14-24-21-17-6-2-3-7-19(17)30-22(21)23(27)29/h2-3,6-9,12,14H,4-5,10-11,13H2,1H3,(H,25,28). The van der Waals surface area contributed by atoms with Crippen molar-refractivity contribution < 1.29 is 9.21 Å². The minimum Gasteiger partial charge on any atom is -0.448 e. The van der Waals surface area contributed by atoms with Gasteiger partial charge in [0.05, 0.1) is 6.33 Å². The maximum Gasteiger partial charge on any atom is 0.297 e. The molecule has 0 unspecified atom stereocenters. The molecule has 0 atom stereocenters. The zero-order valence-electron chi connectivity index (χ0n) is 16.7. The van der Waals surface area contributed by atoms with Gasteiger partial charge in [0.25, 0.3) is 5.56 Å². The summed E-state index contributed by atoms with van der Waals surface area (Å²) in [7, 11) is 0. The van der Waals surface area contributed by atoms with Crippen molar-refractivity contribution in [1.82, 2.24) is 9.55 Å². The minimum atomic E-state index is -0.368. The molecule has 0 radical (unpaired) electrons. The Morgan fingerprint density at radius 1 is 1.17 bits per heavy atom. The van der Waals surface area contributed by atoms with Crippen LogP contribution in [0, 0.1) is 6.92 Å². The van der Waals surface area contributed by atoms with Crippen LogP contribution in [0.5, 0.6) is 0 Å². The first-order valence-corrected chi connectivity index (χ1v) is 10.1. The van der Waals surface area contributed by atoms with E-state index in [1.165, 1.54) is 29.4 Å². The molecule has 2 aromatic heterocycles. The summed E-state index contributed by atoms with van der Waals surface area (Å²) >= 11 is 0. The highest BCUT2D eigenvalue weighted by atomic mass is 16.3. The molecule has 5 rings (SSSR count). The van der Waals surface area contributed by atoms with E-state index in [2.05, 4.69) is 21.3 Å². The molecule has 2 aromatic carbocycles. The first-order chi connectivity index (χ1) is 14.6. The molecule has 0 spiro atoms. The molecule has 3 heterocycles. The number of carbonyl (C=O) groups excluding carboxylic acids is 1. The third kappa shape index (κ3) is 3.22. The first-order valence-electron chi connectivity index (χ1n) is 10.1. The molecule has 1 saturated heterocycles. The summed E-state index contributed by atoms with van der Waals surface area (Å²) in [4.78, 5) is 32.1. The number of anilines is 2. The predicted octanol–water partition coefficient (Wildman–Crippen LogP) is 3.69. The van der Waals surface area contributed by atoms with Gasteiger partial charge >= 0.3 is 0 Å². The third-order valence-corrected chi connectivity index (χ3v) is 5.62. The Balaban J connectivity index is 1.36. The SMILES string of the molecule is Cc1cc(N2CCCC2)ccc1NC(=O)Cn1cnc2c(oc3ccccc32)c1=O. The van der Waals surface area contributed by atoms with E-state index in [9.17, 15) is 9.59 Å². The van der Waals surface area contributed by atoms with Gasteiger partial charge in [-0.2, -0.15) is 0 Å². The van der Waals surface area contributed by atoms with Crippen molar-refractivity contribution in [2.75, 3.05) is 23.3 Å². The van der Waals surface area contributed by atoms with Crippen molar-refractivity contribution in [3.05, 3.63) is 64.7 Å². The van der Waals surface area contributed by atoms with Gasteiger partial charge in [0.2, 0.25) is 11.5 Å². The molecule has 0 aliphatic carbocycles. The fourth-order valence-electron chi connectivity index (χ4n) is 4.03. The summed E-state index contributed by atoms with van der Waals surface area (Å²) in [5, 5.41) is 3.69. The van der Waals surface area contributed by atoms with Gasteiger partial charge < -0.3 is 14.6 Å². The molecule has 1 N–H and O–H groups in total. The van der Waals surface area contributed by atoms with E-state index in [0.29, 0.717) is 11.1 Å². The highest BCUT2D eigenvalue weighted by molar-refractivity contribution is 6.01. The molecule has 4 aromatic rings. The van der Waals surface area contributed by atoms with Crippen LogP contribution in [-0.2, 0) is 11.3 Å². The highest BCUT2D eigenvalue weighted by Crippen LogP contribution is 2.26. The number of amides is 1. The number of nitrogens with zero attached hydrogens (tertiary/aromatic N) is 3. The lowest BCUT2D eigenvalue weighted by Gasteiger charge is -2.19. The molecule has 1 amide bonds. The summed E-state index contributed by atoms with van der Waals surface area (Å²) in [5.74, 6) is -0.286. The smallest absolute Gasteiger partial charge is 0.297 e. The van der Waals surface area contributed by atoms with Crippen LogP contribution in [-0.4, -0.2) is 28.5 Å². The molecule has 7 heteroatoms. The second-order valence-electron chi connectivity index (χ2n) is 7.70. The largest absolute Gasteiger partial charge is 0.448 e. The number of hydrogen-bond acceptors (Lipinski definition) is 5. The molecule has 152 valence electrons. The number of fused-ring (bicyclic) bond motifs is 3. The fraction of sp³-hybridized carbons (Fsp3) is 0.261. The topological polar surface area (TPSA) is 80.4 Å². The Bertz CT molecular complexity index is 1320. The molecule has 0 bridgehead atoms. The molecule has 7 nitrogen and oxygen atoms in total. The van der Waals surface area contributed by atoms with Crippen LogP contribution in [0.15, 0.2) is 58.0 Å². The highest BCUT2D eigenvalue weighted by Gasteiger charge is 2.16. The summed E-state index contributed by atoms with van der Waals surface area (Å²) < 4.78 is 6.94. The molecule has 0 saturated carbocycles. The van der Waals surface area contributed by atoms with E-state index in [4.69, 9.17) is 4.42 Å². The van der Waals surface area contributed by atoms with Crippen molar-refractivity contribution in [3.8, 4) is 0 Å². The van der Waals surface area contributed by atoms with Crippen molar-refractivity contribution in [2.24, 2.45) is 0 Å². The summed E-state index contributed by atoms with van der Waals surface area (Å²) in [6.07, 6.45) is 3.83. The van der Waals surface area contributed by atoms with Gasteiger partial charge in [-0.05, 0) is 55.7 Å². The molecular weight excluding hydrogens is 380 g/mol. The van der Waals surface area contributed by atoms with Gasteiger partial charge in [-0.1, -0.05) is 12.1 Å². The van der Waals surface area contributed by atoms with Crippen LogP contribution in [0.2, 0.25) is 0 Å². The number of nitrogens with one attached hydrogen (secondary N) is 1. The Morgan fingerprint density at radius 3 is 2.77 bits per heavy atom. The van der Waals surface area contributed by atoms with Crippen LogP contribution in [0.1, 0.15) is 18.4 Å². The number of aromatic nitrogens is 2. The van der Waals surface area contributed by atoms with Crippen molar-refractivity contribution in [1.29, 1.82) is 0 Å². The number of benzene rings is 2. The van der Waals surface area contributed by atoms with E-state index in [-0.39, 0.29) is 23.6 Å². The lowest BCUT2D eigenvalue weighted by molar-refractivity contribution is -0.116. The van der Waals surface area contributed by atoms with Crippen LogP contribution < -0.4 is 15.8 Å². The second kappa shape index (κ2) is 7.33. The lowest BCUT2D eigenvalue weighted by Crippen LogP contribution is -2.27. The van der Waals surface area contributed by atoms with Crippen LogP contribution >= 0.6 is 0 Å². The Hall–Kier alpha value is -3.61. The van der Waals surface area contributed by atoms with Crippen LogP contribution in [0.25, 0.3) is 22.1 Å². The van der Waals surface area contributed by atoms with Gasteiger partial charge in [-0.3, -0.25) is 14.2 Å². The van der Waals surface area contributed by atoms with Crippen molar-refractivity contribution >= 4 is 39.4 Å². The zero-order chi connectivity index (χ0) is 20.7. The van der Waals surface area contributed by atoms with Gasteiger partial charge in [-0.15, -0.1) is 0 Å². The number of aryl methyl sites for hydroxylation is 1. The van der Waals surface area contributed by atoms with E-state index in [0.717, 1.165) is 29.7 Å². The normalized spacial score (nSPS) is 14.0. The van der Waals surface area contributed by atoms with Crippen molar-refractivity contribution in [3.63, 3.8) is 0 Å². The number of carbonyl (C=O) groups is 1. The molecule has 30 heavy (non-hydrogen) atoms. The first kappa shape index (κ1) is 18.4. The quantitative estimate of drug-likeness (QED) is 0.563. The average Bonchev–Trinajstić information content (AvgIpc) is 3.40. The minimum absolute atomic E-state index is 0.133. The monoisotopic (exact) mass is 402 g/mol. The summed E-state index contributed by atoms with van der Waals surface area (Å²) in [5.41, 5.74) is 3.83. The Kier molecular flexibility index (Phi) is 4.50. The van der Waals surface area contributed by atoms with E-state index >= 15 is 0 Å². The second-order valence-corrected chi connectivity index (χ2v) is 7.70. The van der Waals surface area contributed by atoms with Crippen molar-refractivity contribution in [2.45, 2.75) is 26.3 Å². The predicted molar refractivity (Wildman–Crippen MR) is 117 cm³/mol. The summed E-state index contributed by atoms with van der Waals surface area (Å²) in [6, 6.07) is 13.4. The molecule has 1 fully saturated rings. The third-order valence-electron chi connectivity index (χ3n) is 5.62. The van der Waals surface area contributed by atoms with Gasteiger partial charge in [0.1, 0.15) is 17.6 Å². The molecule has 1 aliphatic heterocycles. The van der Waals surface area contributed by atoms with Gasteiger partial charge in [0, 0.05) is 29.9 Å². The Labute approximate surface area is 172 Å². The Morgan fingerprint density at radius 2 is 1.97 bits per heavy atom. The van der Waals surface area contributed by atoms with Gasteiger partial charge in [-0.25, -0.2) is 4.98 Å². The fourth-order valence-corrected chi connectivity index (χ4v) is 4.03. The summed E-state index contributed by atoms with van der Waals surface area (Å²) in [6.45, 7) is 3.99. The number of hydrogen-bond donors (Lipinski definition) is 1. The van der Waals surface area contributed by atoms with E-state index < -0.39 is 0 Å². The number of rotatable bonds is 4. The maximum atomic E-state index is 12.8. The van der Waals surface area contributed by atoms with E-state index in [1.807, 2.05) is 37.3 Å². The maximum absolute atomic E-state index is 12.8. The van der Waals surface area contributed by atoms with E-state index in [1.54, 1.807) is 6.07 Å².